The number of carbonyl (C=O) groups is 1. The lowest BCUT2D eigenvalue weighted by molar-refractivity contribution is 0.0658. The lowest BCUT2D eigenvalue weighted by Gasteiger charge is -2.32. The number of methoxy groups -OCH3 is 1. The molecule has 0 saturated carbocycles. The third-order valence-corrected chi connectivity index (χ3v) is 4.48. The second kappa shape index (κ2) is 7.12. The highest BCUT2D eigenvalue weighted by atomic mass is 16.5. The van der Waals surface area contributed by atoms with Crippen molar-refractivity contribution in [1.29, 1.82) is 0 Å². The van der Waals surface area contributed by atoms with Gasteiger partial charge in [0.25, 0.3) is 17.2 Å². The number of nitrogens with zero attached hydrogens (tertiary/aromatic N) is 4. The summed E-state index contributed by atoms with van der Waals surface area (Å²) >= 11 is 0. The third kappa shape index (κ3) is 3.33. The normalized spacial score (nSPS) is 18.2. The van der Waals surface area contributed by atoms with Gasteiger partial charge in [0.1, 0.15) is 11.4 Å². The molecule has 0 radical (unpaired) electrons. The summed E-state index contributed by atoms with van der Waals surface area (Å²) in [5.74, 6) is 1.09. The minimum atomic E-state index is -0.396. The Balaban J connectivity index is 1.76. The predicted molar refractivity (Wildman–Crippen MR) is 88.1 cm³/mol. The molecule has 0 aromatic carbocycles. The van der Waals surface area contributed by atoms with Crippen LogP contribution < -0.4 is 5.56 Å². The Bertz CT molecular complexity index is 782. The minimum absolute atomic E-state index is 0.0914. The molecule has 1 aliphatic rings. The number of aromatic nitrogens is 4. The van der Waals surface area contributed by atoms with E-state index in [9.17, 15) is 9.59 Å². The minimum Gasteiger partial charge on any atom is -0.385 e. The van der Waals surface area contributed by atoms with Gasteiger partial charge in [0.2, 0.25) is 0 Å². The molecular weight excluding hydrogens is 310 g/mol. The first kappa shape index (κ1) is 16.6. The summed E-state index contributed by atoms with van der Waals surface area (Å²) in [5.41, 5.74) is -0.305. The number of hydrogen-bond acceptors (Lipinski definition) is 5. The van der Waals surface area contributed by atoms with E-state index in [1.165, 1.54) is 10.7 Å². The van der Waals surface area contributed by atoms with Crippen LogP contribution >= 0.6 is 0 Å². The SMILES string of the molecule is COCCCC1CCCN(C(=O)c2cnc3nc(C)[nH]n3c2=O)C1. The van der Waals surface area contributed by atoms with Crippen molar-refractivity contribution in [1.82, 2.24) is 24.5 Å². The number of aryl methyl sites for hydroxylation is 1. The van der Waals surface area contributed by atoms with E-state index in [1.807, 2.05) is 0 Å². The van der Waals surface area contributed by atoms with Gasteiger partial charge in [-0.3, -0.25) is 14.7 Å². The van der Waals surface area contributed by atoms with Crippen LogP contribution in [0.4, 0.5) is 0 Å². The number of fused-ring (bicyclic) bond motifs is 1. The standard InChI is InChI=1S/C16H23N5O3/c1-11-18-16-17-9-13(15(23)21(16)19-11)14(22)20-7-3-5-12(10-20)6-4-8-24-2/h9,12H,3-8,10H2,1-2H3,(H,17,18,19). The summed E-state index contributed by atoms with van der Waals surface area (Å²) in [6.07, 6.45) is 5.45. The van der Waals surface area contributed by atoms with Gasteiger partial charge in [-0.1, -0.05) is 0 Å². The van der Waals surface area contributed by atoms with E-state index in [4.69, 9.17) is 4.74 Å². The highest BCUT2D eigenvalue weighted by Gasteiger charge is 2.26. The quantitative estimate of drug-likeness (QED) is 0.824. The molecule has 1 atom stereocenters. The predicted octanol–water partition coefficient (Wildman–Crippen LogP) is 1.00. The Morgan fingerprint density at radius 2 is 2.33 bits per heavy atom. The number of piperidine rings is 1. The summed E-state index contributed by atoms with van der Waals surface area (Å²) in [7, 11) is 1.70. The molecule has 1 N–H and O–H groups in total. The molecular formula is C16H23N5O3. The van der Waals surface area contributed by atoms with E-state index < -0.39 is 5.56 Å². The van der Waals surface area contributed by atoms with Crippen molar-refractivity contribution in [3.8, 4) is 0 Å². The summed E-state index contributed by atoms with van der Waals surface area (Å²) < 4.78 is 6.32. The van der Waals surface area contributed by atoms with Crippen LogP contribution in [0.5, 0.6) is 0 Å². The van der Waals surface area contributed by atoms with Crippen molar-refractivity contribution in [2.24, 2.45) is 5.92 Å². The van der Waals surface area contributed by atoms with E-state index in [0.29, 0.717) is 24.8 Å². The van der Waals surface area contributed by atoms with Gasteiger partial charge in [-0.25, -0.2) is 4.98 Å². The number of carbonyl (C=O) groups excluding carboxylic acids is 1. The van der Waals surface area contributed by atoms with Crippen LogP contribution in [-0.2, 0) is 4.74 Å². The van der Waals surface area contributed by atoms with Gasteiger partial charge >= 0.3 is 0 Å². The van der Waals surface area contributed by atoms with Crippen molar-refractivity contribution >= 4 is 11.7 Å². The zero-order valence-electron chi connectivity index (χ0n) is 14.1. The van der Waals surface area contributed by atoms with Crippen LogP contribution in [0.1, 0.15) is 41.9 Å². The molecule has 3 rings (SSSR count). The molecule has 1 unspecified atom stereocenters. The molecule has 1 amide bonds. The van der Waals surface area contributed by atoms with Gasteiger partial charge in [0, 0.05) is 33.0 Å². The van der Waals surface area contributed by atoms with E-state index in [1.54, 1.807) is 18.9 Å². The monoisotopic (exact) mass is 333 g/mol. The number of rotatable bonds is 5. The van der Waals surface area contributed by atoms with Crippen LogP contribution in [-0.4, -0.2) is 57.2 Å². The molecule has 8 heteroatoms. The van der Waals surface area contributed by atoms with Gasteiger partial charge in [0.05, 0.1) is 0 Å². The molecule has 1 fully saturated rings. The van der Waals surface area contributed by atoms with E-state index in [2.05, 4.69) is 15.1 Å². The van der Waals surface area contributed by atoms with Crippen molar-refractivity contribution in [3.63, 3.8) is 0 Å². The largest absolute Gasteiger partial charge is 0.385 e. The molecule has 1 saturated heterocycles. The zero-order chi connectivity index (χ0) is 17.1. The van der Waals surface area contributed by atoms with Crippen LogP contribution in [0.3, 0.4) is 0 Å². The lowest BCUT2D eigenvalue weighted by atomic mass is 9.93. The van der Waals surface area contributed by atoms with Crippen molar-refractivity contribution in [2.45, 2.75) is 32.6 Å². The summed E-state index contributed by atoms with van der Waals surface area (Å²) in [4.78, 5) is 35.3. The number of hydrogen-bond donors (Lipinski definition) is 1. The van der Waals surface area contributed by atoms with Crippen LogP contribution in [0.2, 0.25) is 0 Å². The van der Waals surface area contributed by atoms with Gasteiger partial charge in [-0.05, 0) is 38.5 Å². The van der Waals surface area contributed by atoms with E-state index in [-0.39, 0.29) is 17.2 Å². The van der Waals surface area contributed by atoms with Crippen molar-refractivity contribution in [2.75, 3.05) is 26.8 Å². The molecule has 2 aromatic rings. The number of likely N-dealkylation sites (tertiary alicyclic amines) is 1. The first-order valence-electron chi connectivity index (χ1n) is 8.32. The smallest absolute Gasteiger partial charge is 0.286 e. The van der Waals surface area contributed by atoms with Gasteiger partial charge in [-0.15, -0.1) is 0 Å². The summed E-state index contributed by atoms with van der Waals surface area (Å²) in [5, 5.41) is 2.81. The molecule has 0 spiro atoms. The summed E-state index contributed by atoms with van der Waals surface area (Å²) in [6.45, 7) is 3.85. The number of nitrogens with one attached hydrogen (secondary N) is 1. The fraction of sp³-hybridized carbons (Fsp3) is 0.625. The first-order valence-corrected chi connectivity index (χ1v) is 8.32. The van der Waals surface area contributed by atoms with E-state index >= 15 is 0 Å². The number of aromatic amines is 1. The number of amides is 1. The molecule has 130 valence electrons. The van der Waals surface area contributed by atoms with Crippen molar-refractivity contribution in [3.05, 3.63) is 27.9 Å². The summed E-state index contributed by atoms with van der Waals surface area (Å²) in [6, 6.07) is 0. The Labute approximate surface area is 139 Å². The highest BCUT2D eigenvalue weighted by molar-refractivity contribution is 5.93. The Kier molecular flexibility index (Phi) is 4.94. The molecule has 2 aromatic heterocycles. The average Bonchev–Trinajstić information content (AvgIpc) is 2.97. The lowest BCUT2D eigenvalue weighted by Crippen LogP contribution is -2.42. The first-order chi connectivity index (χ1) is 11.6. The molecule has 0 aliphatic carbocycles. The number of H-pyrrole nitrogens is 1. The second-order valence-corrected chi connectivity index (χ2v) is 6.32. The Morgan fingerprint density at radius 3 is 3.12 bits per heavy atom. The maximum Gasteiger partial charge on any atom is 0.286 e. The molecule has 1 aliphatic heterocycles. The Hall–Kier alpha value is -2.22. The maximum absolute atomic E-state index is 12.8. The fourth-order valence-corrected chi connectivity index (χ4v) is 3.28. The van der Waals surface area contributed by atoms with Crippen molar-refractivity contribution < 1.29 is 9.53 Å². The highest BCUT2D eigenvalue weighted by Crippen LogP contribution is 2.22. The van der Waals surface area contributed by atoms with Gasteiger partial charge in [0.15, 0.2) is 0 Å². The Morgan fingerprint density at radius 1 is 1.50 bits per heavy atom. The number of ether oxygens (including phenoxy) is 1. The third-order valence-electron chi connectivity index (χ3n) is 4.48. The topological polar surface area (TPSA) is 92.6 Å². The van der Waals surface area contributed by atoms with Gasteiger partial charge < -0.3 is 9.64 Å². The van der Waals surface area contributed by atoms with Gasteiger partial charge in [-0.2, -0.15) is 9.50 Å². The molecule has 0 bridgehead atoms. The molecule has 24 heavy (non-hydrogen) atoms. The fourth-order valence-electron chi connectivity index (χ4n) is 3.28. The second-order valence-electron chi connectivity index (χ2n) is 6.32. The molecule has 3 heterocycles. The maximum atomic E-state index is 12.8. The van der Waals surface area contributed by atoms with Crippen LogP contribution in [0.25, 0.3) is 5.78 Å². The average molecular weight is 333 g/mol. The zero-order valence-corrected chi connectivity index (χ0v) is 14.1. The van der Waals surface area contributed by atoms with Crippen LogP contribution in [0, 0.1) is 12.8 Å². The molecule has 8 nitrogen and oxygen atoms in total. The van der Waals surface area contributed by atoms with Crippen LogP contribution in [0.15, 0.2) is 11.0 Å². The van der Waals surface area contributed by atoms with E-state index in [0.717, 1.165) is 32.3 Å².